The molecule has 180 valence electrons. The summed E-state index contributed by atoms with van der Waals surface area (Å²) in [5.74, 6) is -1.16. The van der Waals surface area contributed by atoms with Gasteiger partial charge >= 0.3 is 5.97 Å². The Morgan fingerprint density at radius 3 is 2.37 bits per heavy atom. The summed E-state index contributed by atoms with van der Waals surface area (Å²) >= 11 is 6.20. The second kappa shape index (κ2) is 8.19. The molecule has 35 heavy (non-hydrogen) atoms. The van der Waals surface area contributed by atoms with Gasteiger partial charge in [-0.15, -0.1) is 0 Å². The van der Waals surface area contributed by atoms with E-state index in [0.717, 1.165) is 24.8 Å². The van der Waals surface area contributed by atoms with E-state index in [1.54, 1.807) is 35.2 Å². The molecule has 0 radical (unpaired) electrons. The Kier molecular flexibility index (Phi) is 5.22. The van der Waals surface area contributed by atoms with Gasteiger partial charge in [0.1, 0.15) is 5.75 Å². The third-order valence-corrected chi connectivity index (χ3v) is 8.55. The largest absolute Gasteiger partial charge is 0.426 e. The highest BCUT2D eigenvalue weighted by Gasteiger charge is 2.61. The zero-order valence-corrected chi connectivity index (χ0v) is 20.0. The van der Waals surface area contributed by atoms with Crippen molar-refractivity contribution in [3.63, 3.8) is 0 Å². The zero-order valence-electron chi connectivity index (χ0n) is 19.3. The van der Waals surface area contributed by atoms with Crippen LogP contribution in [0.1, 0.15) is 31.2 Å². The highest BCUT2D eigenvalue weighted by atomic mass is 35.5. The summed E-state index contributed by atoms with van der Waals surface area (Å²) in [6.07, 6.45) is 3.05. The normalized spacial score (nSPS) is 29.3. The minimum atomic E-state index is -0.628. The molecule has 4 aliphatic rings. The van der Waals surface area contributed by atoms with Crippen LogP contribution in [-0.2, 0) is 19.2 Å². The summed E-state index contributed by atoms with van der Waals surface area (Å²) in [5.41, 5.74) is 1.98. The maximum atomic E-state index is 13.1. The number of imide groups is 1. The maximum absolute atomic E-state index is 13.1. The number of fused-ring (bicyclic) bond motifs is 5. The number of carbonyl (C=O) groups is 4. The number of amides is 3. The summed E-state index contributed by atoms with van der Waals surface area (Å²) < 4.78 is 5.60. The third kappa shape index (κ3) is 3.56. The van der Waals surface area contributed by atoms with Gasteiger partial charge in [0.25, 0.3) is 0 Å². The van der Waals surface area contributed by atoms with Crippen LogP contribution in [0.2, 0.25) is 5.02 Å². The Labute approximate surface area is 208 Å². The number of rotatable bonds is 4. The Hall–Kier alpha value is -3.19. The van der Waals surface area contributed by atoms with Crippen molar-refractivity contribution in [3.8, 4) is 5.75 Å². The highest BCUT2D eigenvalue weighted by Crippen LogP contribution is 2.56. The summed E-state index contributed by atoms with van der Waals surface area (Å²) in [5, 5.41) is 0.557. The van der Waals surface area contributed by atoms with E-state index in [-0.39, 0.29) is 48.3 Å². The van der Waals surface area contributed by atoms with Crippen LogP contribution in [0.5, 0.6) is 5.75 Å². The van der Waals surface area contributed by atoms with E-state index >= 15 is 0 Å². The average Bonchev–Trinajstić information content (AvgIpc) is 3.59. The molecule has 2 aliphatic carbocycles. The van der Waals surface area contributed by atoms with E-state index < -0.39 is 11.9 Å². The first-order valence-electron chi connectivity index (χ1n) is 12.1. The molecule has 2 saturated carbocycles. The number of carbonyl (C=O) groups excluding carboxylic acids is 4. The van der Waals surface area contributed by atoms with E-state index in [4.69, 9.17) is 16.3 Å². The lowest BCUT2D eigenvalue weighted by Gasteiger charge is -2.19. The molecule has 2 aromatic rings. The molecule has 2 bridgehead atoms. The predicted molar refractivity (Wildman–Crippen MR) is 129 cm³/mol. The smallest absolute Gasteiger partial charge is 0.316 e. The Bertz CT molecular complexity index is 1250. The minimum Gasteiger partial charge on any atom is -0.426 e. The number of ether oxygens (including phenoxy) is 1. The first kappa shape index (κ1) is 22.3. The highest BCUT2D eigenvalue weighted by molar-refractivity contribution is 6.31. The van der Waals surface area contributed by atoms with E-state index in [9.17, 15) is 19.2 Å². The number of aryl methyl sites for hydroxylation is 1. The van der Waals surface area contributed by atoms with Crippen LogP contribution in [-0.4, -0.2) is 30.2 Å². The molecule has 8 heteroatoms. The number of benzene rings is 2. The van der Waals surface area contributed by atoms with Gasteiger partial charge in [-0.3, -0.25) is 19.2 Å². The van der Waals surface area contributed by atoms with Crippen LogP contribution in [0.25, 0.3) is 0 Å². The molecule has 7 nitrogen and oxygen atoms in total. The fourth-order valence-electron chi connectivity index (χ4n) is 6.41. The van der Waals surface area contributed by atoms with Crippen molar-refractivity contribution in [2.75, 3.05) is 16.3 Å². The maximum Gasteiger partial charge on any atom is 0.316 e. The van der Waals surface area contributed by atoms with Crippen LogP contribution in [0, 0.1) is 36.5 Å². The Morgan fingerprint density at radius 1 is 0.971 bits per heavy atom. The van der Waals surface area contributed by atoms with Crippen molar-refractivity contribution in [1.82, 2.24) is 0 Å². The van der Waals surface area contributed by atoms with Gasteiger partial charge in [-0.1, -0.05) is 23.7 Å². The number of hydrogen-bond acceptors (Lipinski definition) is 5. The predicted octanol–water partition coefficient (Wildman–Crippen LogP) is 4.14. The van der Waals surface area contributed by atoms with Crippen molar-refractivity contribution in [2.24, 2.45) is 29.6 Å². The zero-order chi connectivity index (χ0) is 24.4. The fourth-order valence-corrected chi connectivity index (χ4v) is 6.59. The molecule has 2 saturated heterocycles. The van der Waals surface area contributed by atoms with E-state index in [0.29, 0.717) is 28.2 Å². The van der Waals surface area contributed by atoms with Crippen molar-refractivity contribution in [3.05, 3.63) is 53.1 Å². The molecule has 6 rings (SSSR count). The van der Waals surface area contributed by atoms with Gasteiger partial charge in [0, 0.05) is 29.7 Å². The van der Waals surface area contributed by atoms with E-state index in [1.807, 2.05) is 19.1 Å². The van der Waals surface area contributed by atoms with Crippen LogP contribution in [0.15, 0.2) is 42.5 Å². The third-order valence-electron chi connectivity index (χ3n) is 8.15. The summed E-state index contributed by atoms with van der Waals surface area (Å²) in [7, 11) is 0. The lowest BCUT2D eigenvalue weighted by atomic mass is 9.81. The summed E-state index contributed by atoms with van der Waals surface area (Å²) in [6, 6.07) is 11.9. The molecule has 0 spiro atoms. The van der Waals surface area contributed by atoms with Gasteiger partial charge in [-0.2, -0.15) is 0 Å². The quantitative estimate of drug-likeness (QED) is 0.364. The monoisotopic (exact) mass is 492 g/mol. The van der Waals surface area contributed by atoms with E-state index in [1.165, 1.54) is 4.90 Å². The number of halogens is 1. The average molecular weight is 493 g/mol. The molecule has 2 aliphatic heterocycles. The lowest BCUT2D eigenvalue weighted by Crippen LogP contribution is -2.32. The van der Waals surface area contributed by atoms with Crippen LogP contribution in [0.4, 0.5) is 11.4 Å². The van der Waals surface area contributed by atoms with E-state index in [2.05, 4.69) is 0 Å². The molecule has 3 amide bonds. The van der Waals surface area contributed by atoms with Crippen molar-refractivity contribution < 1.29 is 23.9 Å². The first-order chi connectivity index (χ1) is 16.8. The minimum absolute atomic E-state index is 0.0409. The summed E-state index contributed by atoms with van der Waals surface area (Å²) in [4.78, 5) is 54.6. The molecule has 0 unspecified atom stereocenters. The molecular weight excluding hydrogens is 468 g/mol. The lowest BCUT2D eigenvalue weighted by molar-refractivity contribution is -0.139. The SMILES string of the molecule is Cc1ccc(N2C[C@@H](C(=O)Oc3cccc(N4C(=O)[C@@H]5[C@H]6CC[C@@H](C6)[C@@H]5C4=O)c3)CC2=O)cc1Cl. The second-order valence-corrected chi connectivity index (χ2v) is 10.6. The number of anilines is 2. The number of hydrogen-bond donors (Lipinski definition) is 0. The summed E-state index contributed by atoms with van der Waals surface area (Å²) in [6.45, 7) is 2.08. The van der Waals surface area contributed by atoms with Crippen molar-refractivity contribution >= 4 is 46.7 Å². The van der Waals surface area contributed by atoms with Gasteiger partial charge in [0.2, 0.25) is 17.7 Å². The molecule has 0 N–H and O–H groups in total. The Morgan fingerprint density at radius 2 is 1.69 bits per heavy atom. The van der Waals surface area contributed by atoms with Crippen LogP contribution < -0.4 is 14.5 Å². The second-order valence-electron chi connectivity index (χ2n) is 10.2. The molecule has 4 fully saturated rings. The molecule has 2 aromatic carbocycles. The molecule has 5 atom stereocenters. The fraction of sp³-hybridized carbons (Fsp3) is 0.407. The van der Waals surface area contributed by atoms with Gasteiger partial charge in [-0.05, 0) is 67.9 Å². The molecule has 2 heterocycles. The van der Waals surface area contributed by atoms with Crippen LogP contribution in [0.3, 0.4) is 0 Å². The molecule has 0 aromatic heterocycles. The number of esters is 1. The van der Waals surface area contributed by atoms with Crippen molar-refractivity contribution in [2.45, 2.75) is 32.6 Å². The van der Waals surface area contributed by atoms with Gasteiger partial charge in [-0.25, -0.2) is 4.90 Å². The van der Waals surface area contributed by atoms with Crippen molar-refractivity contribution in [1.29, 1.82) is 0 Å². The standard InChI is InChI=1S/C27H25ClN2O5/c1-14-5-8-18(12-21(14)28)29-13-17(10-22(29)31)27(34)35-20-4-2-3-19(11-20)30-25(32)23-15-6-7-16(9-15)24(23)26(30)33/h2-5,8,11-12,15-17,23-24H,6-7,9-10,13H2,1H3/t15-,16-,17-,23-,24+/m0/s1. The van der Waals surface area contributed by atoms with Gasteiger partial charge < -0.3 is 9.64 Å². The first-order valence-corrected chi connectivity index (χ1v) is 12.5. The topological polar surface area (TPSA) is 84.0 Å². The van der Waals surface area contributed by atoms with Crippen LogP contribution >= 0.6 is 11.6 Å². The van der Waals surface area contributed by atoms with Gasteiger partial charge in [0.15, 0.2) is 0 Å². The number of nitrogens with zero attached hydrogens (tertiary/aromatic N) is 2. The molecular formula is C27H25ClN2O5. The van der Waals surface area contributed by atoms with Gasteiger partial charge in [0.05, 0.1) is 23.4 Å². The Balaban J connectivity index is 1.16.